The molecule has 0 radical (unpaired) electrons. The van der Waals surface area contributed by atoms with Gasteiger partial charge in [-0.15, -0.1) is 0 Å². The van der Waals surface area contributed by atoms with E-state index in [1.54, 1.807) is 11.8 Å². The molecule has 2 unspecified atom stereocenters. The Hall–Kier alpha value is -0.220. The fourth-order valence-electron chi connectivity index (χ4n) is 1.75. The molecule has 4 heteroatoms. The minimum Gasteiger partial charge on any atom is -0.323 e. The Balaban J connectivity index is 2.60. The first-order valence-corrected chi connectivity index (χ1v) is 6.13. The predicted octanol–water partition coefficient (Wildman–Crippen LogP) is 0.906. The first-order valence-electron chi connectivity index (χ1n) is 4.74. The molecule has 1 saturated heterocycles. The van der Waals surface area contributed by atoms with Crippen molar-refractivity contribution in [3.05, 3.63) is 0 Å². The van der Waals surface area contributed by atoms with Gasteiger partial charge in [0.2, 0.25) is 5.91 Å². The van der Waals surface area contributed by atoms with Crippen LogP contribution in [0.15, 0.2) is 0 Å². The van der Waals surface area contributed by atoms with E-state index in [-0.39, 0.29) is 12.1 Å². The van der Waals surface area contributed by atoms with Crippen molar-refractivity contribution in [2.24, 2.45) is 0 Å². The Morgan fingerprint density at radius 1 is 1.77 bits per heavy atom. The number of nitrogens with one attached hydrogen (secondary N) is 1. The molecule has 0 aromatic rings. The molecule has 0 aliphatic carbocycles. The van der Waals surface area contributed by atoms with Crippen molar-refractivity contribution >= 4 is 17.7 Å². The molecule has 1 N–H and O–H groups in total. The molecule has 1 amide bonds. The van der Waals surface area contributed by atoms with Crippen LogP contribution in [0.4, 0.5) is 0 Å². The summed E-state index contributed by atoms with van der Waals surface area (Å²) >= 11 is 1.80. The fraction of sp³-hybridized carbons (Fsp3) is 0.889. The van der Waals surface area contributed by atoms with Gasteiger partial charge in [0, 0.05) is 11.8 Å². The lowest BCUT2D eigenvalue weighted by Gasteiger charge is -2.29. The van der Waals surface area contributed by atoms with E-state index >= 15 is 0 Å². The lowest BCUT2D eigenvalue weighted by Crippen LogP contribution is -2.44. The van der Waals surface area contributed by atoms with E-state index in [1.165, 1.54) is 0 Å². The van der Waals surface area contributed by atoms with Crippen LogP contribution >= 0.6 is 11.8 Å². The summed E-state index contributed by atoms with van der Waals surface area (Å²) in [4.78, 5) is 13.5. The monoisotopic (exact) mass is 202 g/mol. The first-order chi connectivity index (χ1) is 6.20. The first kappa shape index (κ1) is 10.9. The van der Waals surface area contributed by atoms with Crippen molar-refractivity contribution in [3.63, 3.8) is 0 Å². The third-order valence-electron chi connectivity index (χ3n) is 2.48. The molecule has 1 rings (SSSR count). The highest BCUT2D eigenvalue weighted by molar-refractivity contribution is 7.98. The third-order valence-corrected chi connectivity index (χ3v) is 3.20. The van der Waals surface area contributed by atoms with Gasteiger partial charge in [0.05, 0.1) is 12.7 Å². The average Bonchev–Trinajstić information content (AvgIpc) is 2.43. The van der Waals surface area contributed by atoms with Gasteiger partial charge in [0.1, 0.15) is 0 Å². The lowest BCUT2D eigenvalue weighted by atomic mass is 10.2. The molecule has 1 fully saturated rings. The second-order valence-corrected chi connectivity index (χ2v) is 4.29. The van der Waals surface area contributed by atoms with Crippen LogP contribution in [-0.2, 0) is 4.79 Å². The third kappa shape index (κ3) is 2.38. The number of hydrogen-bond donors (Lipinski definition) is 1. The number of thioether (sulfide) groups is 1. The quantitative estimate of drug-likeness (QED) is 0.735. The number of rotatable bonds is 4. The van der Waals surface area contributed by atoms with Crippen LogP contribution in [0.2, 0.25) is 0 Å². The van der Waals surface area contributed by atoms with Gasteiger partial charge in [-0.1, -0.05) is 6.92 Å². The van der Waals surface area contributed by atoms with Crippen LogP contribution < -0.4 is 5.32 Å². The summed E-state index contributed by atoms with van der Waals surface area (Å²) in [6.45, 7) is 4.69. The molecular weight excluding hydrogens is 184 g/mol. The molecular formula is C9H18N2OS. The van der Waals surface area contributed by atoms with Crippen molar-refractivity contribution in [3.8, 4) is 0 Å². The van der Waals surface area contributed by atoms with Crippen LogP contribution in [-0.4, -0.2) is 41.6 Å². The second kappa shape index (κ2) is 4.86. The number of carbonyl (C=O) groups excluding carboxylic acids is 1. The molecule has 2 atom stereocenters. The van der Waals surface area contributed by atoms with Crippen LogP contribution in [0.1, 0.15) is 20.3 Å². The topological polar surface area (TPSA) is 32.3 Å². The maximum Gasteiger partial charge on any atom is 0.238 e. The van der Waals surface area contributed by atoms with Crippen molar-refractivity contribution in [2.45, 2.75) is 32.5 Å². The molecule has 0 aromatic heterocycles. The zero-order chi connectivity index (χ0) is 9.84. The number of amides is 1. The van der Waals surface area contributed by atoms with E-state index in [9.17, 15) is 4.79 Å². The Bertz CT molecular complexity index is 186. The van der Waals surface area contributed by atoms with Crippen molar-refractivity contribution in [2.75, 3.05) is 18.6 Å². The molecule has 0 spiro atoms. The van der Waals surface area contributed by atoms with Crippen molar-refractivity contribution < 1.29 is 4.79 Å². The van der Waals surface area contributed by atoms with Gasteiger partial charge >= 0.3 is 0 Å². The summed E-state index contributed by atoms with van der Waals surface area (Å²) in [6.07, 6.45) is 3.34. The predicted molar refractivity (Wildman–Crippen MR) is 56.8 cm³/mol. The molecule has 76 valence electrons. The number of carbonyl (C=O) groups is 1. The largest absolute Gasteiger partial charge is 0.323 e. The second-order valence-electron chi connectivity index (χ2n) is 3.38. The van der Waals surface area contributed by atoms with Crippen LogP contribution in [0.3, 0.4) is 0 Å². The lowest BCUT2D eigenvalue weighted by molar-refractivity contribution is -0.129. The van der Waals surface area contributed by atoms with Gasteiger partial charge in [-0.2, -0.15) is 11.8 Å². The normalized spacial score (nSPS) is 25.3. The molecule has 1 aliphatic rings. The van der Waals surface area contributed by atoms with Gasteiger partial charge in [0.25, 0.3) is 0 Å². The van der Waals surface area contributed by atoms with E-state index in [4.69, 9.17) is 0 Å². The standard InChI is InChI=1S/C9H18N2OS/c1-4-8(6-13-3)11-7(2)10-5-9(11)12/h7-8,10H,4-6H2,1-3H3. The maximum absolute atomic E-state index is 11.5. The minimum absolute atomic E-state index is 0.213. The summed E-state index contributed by atoms with van der Waals surface area (Å²) in [7, 11) is 0. The number of hydrogen-bond acceptors (Lipinski definition) is 3. The van der Waals surface area contributed by atoms with E-state index < -0.39 is 0 Å². The molecule has 1 aliphatic heterocycles. The van der Waals surface area contributed by atoms with Crippen molar-refractivity contribution in [1.29, 1.82) is 0 Å². The van der Waals surface area contributed by atoms with Gasteiger partial charge in [0.15, 0.2) is 0 Å². The van der Waals surface area contributed by atoms with E-state index in [2.05, 4.69) is 18.5 Å². The highest BCUT2D eigenvalue weighted by atomic mass is 32.2. The van der Waals surface area contributed by atoms with Crippen LogP contribution in [0, 0.1) is 0 Å². The van der Waals surface area contributed by atoms with E-state index in [1.807, 2.05) is 11.8 Å². The van der Waals surface area contributed by atoms with Crippen LogP contribution in [0.5, 0.6) is 0 Å². The molecule has 3 nitrogen and oxygen atoms in total. The summed E-state index contributed by atoms with van der Waals surface area (Å²) < 4.78 is 0. The van der Waals surface area contributed by atoms with E-state index in [0.29, 0.717) is 12.6 Å². The Morgan fingerprint density at radius 2 is 2.46 bits per heavy atom. The van der Waals surface area contributed by atoms with Gasteiger partial charge in [-0.05, 0) is 19.6 Å². The van der Waals surface area contributed by atoms with Gasteiger partial charge in [-0.3, -0.25) is 10.1 Å². The molecule has 13 heavy (non-hydrogen) atoms. The number of nitrogens with zero attached hydrogens (tertiary/aromatic N) is 1. The van der Waals surface area contributed by atoms with Gasteiger partial charge in [-0.25, -0.2) is 0 Å². The Labute approximate surface area is 84.2 Å². The highest BCUT2D eigenvalue weighted by Crippen LogP contribution is 2.15. The smallest absolute Gasteiger partial charge is 0.238 e. The molecule has 0 saturated carbocycles. The van der Waals surface area contributed by atoms with E-state index in [0.717, 1.165) is 12.2 Å². The fourth-order valence-corrected chi connectivity index (χ4v) is 2.53. The molecule has 0 aromatic carbocycles. The zero-order valence-electron chi connectivity index (χ0n) is 8.54. The SMILES string of the molecule is CCC(CSC)N1C(=O)CNC1C. The summed E-state index contributed by atoms with van der Waals surface area (Å²) in [5.74, 6) is 1.28. The maximum atomic E-state index is 11.5. The highest BCUT2D eigenvalue weighted by Gasteiger charge is 2.31. The summed E-state index contributed by atoms with van der Waals surface area (Å²) in [5.41, 5.74) is 0. The summed E-state index contributed by atoms with van der Waals surface area (Å²) in [6, 6.07) is 0.396. The molecule has 0 bridgehead atoms. The van der Waals surface area contributed by atoms with Crippen molar-refractivity contribution in [1.82, 2.24) is 10.2 Å². The summed E-state index contributed by atoms with van der Waals surface area (Å²) in [5, 5.41) is 3.16. The van der Waals surface area contributed by atoms with Crippen LogP contribution in [0.25, 0.3) is 0 Å². The minimum atomic E-state index is 0.213. The molecule has 1 heterocycles. The average molecular weight is 202 g/mol. The Kier molecular flexibility index (Phi) is 4.06. The van der Waals surface area contributed by atoms with Gasteiger partial charge < -0.3 is 4.90 Å². The Morgan fingerprint density at radius 3 is 2.85 bits per heavy atom. The zero-order valence-corrected chi connectivity index (χ0v) is 9.36.